The van der Waals surface area contributed by atoms with Crippen molar-refractivity contribution < 1.29 is 0 Å². The number of hydrogen-bond donors (Lipinski definition) is 1. The third-order valence-corrected chi connectivity index (χ3v) is 0.885. The van der Waals surface area contributed by atoms with Gasteiger partial charge in [-0.3, -0.25) is 5.50 Å². The molecule has 0 aromatic carbocycles. The van der Waals surface area contributed by atoms with Crippen molar-refractivity contribution in [1.29, 1.82) is 0 Å². The Kier molecular flexibility index (Phi) is 3.01. The van der Waals surface area contributed by atoms with Gasteiger partial charge in [0.05, 0.1) is 0 Å². The molecular formula is C4H8NP. The lowest BCUT2D eigenvalue weighted by molar-refractivity contribution is 1.69. The smallest absolute Gasteiger partial charge is 0.0214 e. The van der Waals surface area contributed by atoms with E-state index < -0.39 is 0 Å². The van der Waals surface area contributed by atoms with Gasteiger partial charge in [0.2, 0.25) is 0 Å². The number of hydrogen-bond acceptors (Lipinski definition) is 1. The Balaban J connectivity index is 3.30. The number of allylic oxidation sites excluding steroid dienone is 1. The van der Waals surface area contributed by atoms with Crippen molar-refractivity contribution in [3.05, 3.63) is 12.2 Å². The minimum absolute atomic E-state index is 0.799. The molecule has 0 heterocycles. The summed E-state index contributed by atoms with van der Waals surface area (Å²) >= 11 is 0. The lowest BCUT2D eigenvalue weighted by Gasteiger charge is -1.75. The van der Waals surface area contributed by atoms with Crippen LogP contribution in [0.15, 0.2) is 12.2 Å². The molecule has 0 saturated heterocycles. The summed E-state index contributed by atoms with van der Waals surface area (Å²) in [5.74, 6) is 1.85. The summed E-state index contributed by atoms with van der Waals surface area (Å²) in [6.07, 6.45) is 0. The molecule has 0 radical (unpaired) electrons. The molecule has 0 unspecified atom stereocenters. The molecule has 2 N–H and O–H groups in total. The quantitative estimate of drug-likeness (QED) is 0.493. The van der Waals surface area contributed by atoms with Crippen LogP contribution in [0.5, 0.6) is 0 Å². The molecular weight excluding hydrogens is 93.0 g/mol. The zero-order chi connectivity index (χ0) is 4.99. The summed E-state index contributed by atoms with van der Waals surface area (Å²) in [5, 5.41) is 0. The van der Waals surface area contributed by atoms with Crippen LogP contribution < -0.4 is 5.50 Å². The fourth-order valence-corrected chi connectivity index (χ4v) is 0.382. The van der Waals surface area contributed by atoms with E-state index in [1.807, 2.05) is 12.7 Å². The summed E-state index contributed by atoms with van der Waals surface area (Å²) in [4.78, 5) is 0. The van der Waals surface area contributed by atoms with Crippen LogP contribution in [0, 0.1) is 0 Å². The zero-order valence-corrected chi connectivity index (χ0v) is 4.70. The normalized spacial score (nSPS) is 9.67. The second-order valence-corrected chi connectivity index (χ2v) is 1.68. The van der Waals surface area contributed by atoms with Crippen LogP contribution in [0.2, 0.25) is 0 Å². The maximum atomic E-state index is 5.09. The molecule has 0 spiro atoms. The van der Waals surface area contributed by atoms with E-state index in [2.05, 4.69) is 6.58 Å². The van der Waals surface area contributed by atoms with E-state index in [0.29, 0.717) is 0 Å². The monoisotopic (exact) mass is 101 g/mol. The van der Waals surface area contributed by atoms with Gasteiger partial charge in [0.1, 0.15) is 0 Å². The third kappa shape index (κ3) is 3.87. The topological polar surface area (TPSA) is 26.0 Å². The predicted octanol–water partition coefficient (Wildman–Crippen LogP) is 1.18. The highest BCUT2D eigenvalue weighted by atomic mass is 31.1. The standard InChI is InChI=1S/C4H8NP/c1-4(2)3-6-5/h3H,1,5H2,2H3. The minimum Gasteiger partial charge on any atom is -0.285 e. The molecule has 0 aliphatic carbocycles. The summed E-state index contributed by atoms with van der Waals surface area (Å²) in [6.45, 7) is 5.52. The summed E-state index contributed by atoms with van der Waals surface area (Å²) in [7, 11) is 0.799. The van der Waals surface area contributed by atoms with Gasteiger partial charge in [0.25, 0.3) is 0 Å². The fraction of sp³-hybridized carbons (Fsp3) is 0.250. The fourth-order valence-electron chi connectivity index (χ4n) is 0.127. The first kappa shape index (κ1) is 5.87. The highest BCUT2D eigenvalue weighted by Crippen LogP contribution is 1.83. The van der Waals surface area contributed by atoms with Crippen molar-refractivity contribution in [1.82, 2.24) is 0 Å². The molecule has 0 fully saturated rings. The molecule has 0 aromatic heterocycles. The van der Waals surface area contributed by atoms with Crippen molar-refractivity contribution in [2.24, 2.45) is 5.50 Å². The second-order valence-electron chi connectivity index (χ2n) is 1.12. The highest BCUT2D eigenvalue weighted by Gasteiger charge is 1.65. The van der Waals surface area contributed by atoms with E-state index in [0.717, 1.165) is 13.9 Å². The molecule has 6 heavy (non-hydrogen) atoms. The Morgan fingerprint density at radius 3 is 2.50 bits per heavy atom. The Hall–Kier alpha value is -0.130. The largest absolute Gasteiger partial charge is 0.285 e. The van der Waals surface area contributed by atoms with Crippen molar-refractivity contribution in [2.75, 3.05) is 0 Å². The average molecular weight is 101 g/mol. The first-order valence-electron chi connectivity index (χ1n) is 1.66. The van der Waals surface area contributed by atoms with Crippen molar-refractivity contribution in [3.8, 4) is 0 Å². The molecule has 0 atom stereocenters. The summed E-state index contributed by atoms with van der Waals surface area (Å²) < 4.78 is 0. The molecule has 1 nitrogen and oxygen atoms in total. The maximum absolute atomic E-state index is 5.09. The van der Waals surface area contributed by atoms with E-state index in [9.17, 15) is 0 Å². The lowest BCUT2D eigenvalue weighted by atomic mass is 10.4. The van der Waals surface area contributed by atoms with E-state index in [1.54, 1.807) is 0 Å². The van der Waals surface area contributed by atoms with E-state index in [-0.39, 0.29) is 0 Å². The van der Waals surface area contributed by atoms with Crippen LogP contribution in [0.4, 0.5) is 0 Å². The third-order valence-electron chi connectivity index (χ3n) is 0.295. The average Bonchev–Trinajstić information content (AvgIpc) is 1.35. The Morgan fingerprint density at radius 2 is 2.50 bits per heavy atom. The van der Waals surface area contributed by atoms with Crippen LogP contribution >= 0.6 is 8.35 Å². The van der Waals surface area contributed by atoms with Gasteiger partial charge >= 0.3 is 0 Å². The summed E-state index contributed by atoms with van der Waals surface area (Å²) in [6, 6.07) is 0. The predicted molar refractivity (Wildman–Crippen MR) is 32.0 cm³/mol. The van der Waals surface area contributed by atoms with Crippen LogP contribution in [-0.4, -0.2) is 5.80 Å². The lowest BCUT2D eigenvalue weighted by Crippen LogP contribution is -1.70. The van der Waals surface area contributed by atoms with Crippen LogP contribution in [0.1, 0.15) is 6.92 Å². The molecule has 0 aliphatic heterocycles. The molecule has 0 saturated carbocycles. The number of rotatable bonds is 1. The van der Waals surface area contributed by atoms with Crippen LogP contribution in [-0.2, 0) is 0 Å². The number of nitrogens with two attached hydrogens (primary N) is 1. The molecule has 2 heteroatoms. The zero-order valence-electron chi connectivity index (χ0n) is 3.81. The first-order valence-corrected chi connectivity index (χ1v) is 2.69. The minimum atomic E-state index is 0.799. The molecule has 0 bridgehead atoms. The first-order chi connectivity index (χ1) is 2.77. The van der Waals surface area contributed by atoms with Crippen LogP contribution in [0.25, 0.3) is 0 Å². The second kappa shape index (κ2) is 3.08. The van der Waals surface area contributed by atoms with Gasteiger partial charge in [0, 0.05) is 0 Å². The van der Waals surface area contributed by atoms with Crippen molar-refractivity contribution in [3.63, 3.8) is 0 Å². The Labute approximate surface area is 39.7 Å². The molecule has 34 valence electrons. The van der Waals surface area contributed by atoms with Gasteiger partial charge in [-0.2, -0.15) is 0 Å². The highest BCUT2D eigenvalue weighted by molar-refractivity contribution is 7.36. The molecule has 0 amide bonds. The maximum Gasteiger partial charge on any atom is -0.0214 e. The van der Waals surface area contributed by atoms with Gasteiger partial charge in [-0.25, -0.2) is 0 Å². The summed E-state index contributed by atoms with van der Waals surface area (Å²) in [5.41, 5.74) is 6.11. The van der Waals surface area contributed by atoms with E-state index in [4.69, 9.17) is 5.50 Å². The van der Waals surface area contributed by atoms with Crippen molar-refractivity contribution in [2.45, 2.75) is 6.92 Å². The van der Waals surface area contributed by atoms with Gasteiger partial charge in [-0.15, -0.1) is 0 Å². The SMILES string of the molecule is C=C(C)C=PN. The molecule has 0 rings (SSSR count). The van der Waals surface area contributed by atoms with E-state index in [1.165, 1.54) is 0 Å². The Bertz CT molecular complexity index is 75.6. The van der Waals surface area contributed by atoms with Gasteiger partial charge in [0.15, 0.2) is 0 Å². The van der Waals surface area contributed by atoms with Gasteiger partial charge in [-0.1, -0.05) is 12.2 Å². The molecule has 0 aromatic rings. The Morgan fingerprint density at radius 1 is 2.00 bits per heavy atom. The van der Waals surface area contributed by atoms with Gasteiger partial charge < -0.3 is 0 Å². The van der Waals surface area contributed by atoms with Crippen LogP contribution in [0.3, 0.4) is 0 Å². The van der Waals surface area contributed by atoms with Crippen molar-refractivity contribution >= 4 is 14.2 Å². The van der Waals surface area contributed by atoms with Gasteiger partial charge in [-0.05, 0) is 21.1 Å². The van der Waals surface area contributed by atoms with E-state index >= 15 is 0 Å². The molecule has 0 aliphatic rings.